The van der Waals surface area contributed by atoms with Gasteiger partial charge in [0.15, 0.2) is 5.96 Å². The molecule has 0 fully saturated rings. The molecule has 0 unspecified atom stereocenters. The van der Waals surface area contributed by atoms with Crippen molar-refractivity contribution in [2.45, 2.75) is 19.8 Å². The van der Waals surface area contributed by atoms with Crippen LogP contribution in [0.25, 0.3) is 0 Å². The summed E-state index contributed by atoms with van der Waals surface area (Å²) in [6.45, 7) is 7.36. The zero-order valence-corrected chi connectivity index (χ0v) is 6.54. The predicted molar refractivity (Wildman–Crippen MR) is 44.0 cm³/mol. The summed E-state index contributed by atoms with van der Waals surface area (Å²) in [6.07, 6.45) is 1.87. The van der Waals surface area contributed by atoms with E-state index < -0.39 is 0 Å². The monoisotopic (exact) mass is 142 g/mol. The van der Waals surface area contributed by atoms with Crippen LogP contribution in [0.3, 0.4) is 0 Å². The summed E-state index contributed by atoms with van der Waals surface area (Å²) in [5, 5.41) is 13.0. The third kappa shape index (κ3) is 5.41. The van der Waals surface area contributed by atoms with Gasteiger partial charge in [-0.1, -0.05) is 13.8 Å². The van der Waals surface area contributed by atoms with E-state index in [4.69, 9.17) is 5.41 Å². The Kier molecular flexibility index (Phi) is 5.92. The fourth-order valence-electron chi connectivity index (χ4n) is 0.526. The summed E-state index contributed by atoms with van der Waals surface area (Å²) in [4.78, 5) is 0. The first-order valence-electron chi connectivity index (χ1n) is 3.66. The third-order valence-corrected chi connectivity index (χ3v) is 1.03. The Morgan fingerprint density at radius 2 is 2.00 bits per heavy atom. The molecular formula is C7H16N3. The van der Waals surface area contributed by atoms with Crippen LogP contribution in [0.2, 0.25) is 0 Å². The number of rotatable bonds is 4. The van der Waals surface area contributed by atoms with Gasteiger partial charge in [-0.25, -0.2) is 0 Å². The van der Waals surface area contributed by atoms with Crippen molar-refractivity contribution in [3.05, 3.63) is 6.92 Å². The van der Waals surface area contributed by atoms with Crippen LogP contribution < -0.4 is 10.6 Å². The lowest BCUT2D eigenvalue weighted by atomic mass is 10.5. The Morgan fingerprint density at radius 3 is 2.50 bits per heavy atom. The molecule has 0 aliphatic rings. The largest absolute Gasteiger partial charge is 0.357 e. The molecule has 0 saturated heterocycles. The van der Waals surface area contributed by atoms with Crippen molar-refractivity contribution in [1.29, 1.82) is 5.41 Å². The lowest BCUT2D eigenvalue weighted by molar-refractivity contribution is 0.775. The first kappa shape index (κ1) is 9.27. The number of hydrogen-bond donors (Lipinski definition) is 3. The van der Waals surface area contributed by atoms with E-state index in [0.29, 0.717) is 5.96 Å². The first-order chi connectivity index (χ1) is 4.81. The molecule has 59 valence electrons. The molecule has 3 nitrogen and oxygen atoms in total. The highest BCUT2D eigenvalue weighted by molar-refractivity contribution is 5.76. The highest BCUT2D eigenvalue weighted by Gasteiger charge is 1.89. The fraction of sp³-hybridized carbons (Fsp3) is 0.714. The van der Waals surface area contributed by atoms with Gasteiger partial charge in [0.1, 0.15) is 0 Å². The smallest absolute Gasteiger partial charge is 0.188 e. The van der Waals surface area contributed by atoms with Gasteiger partial charge < -0.3 is 10.6 Å². The van der Waals surface area contributed by atoms with Crippen molar-refractivity contribution in [2.24, 2.45) is 0 Å². The van der Waals surface area contributed by atoms with Gasteiger partial charge in [0.2, 0.25) is 0 Å². The molecule has 0 aromatic heterocycles. The van der Waals surface area contributed by atoms with Crippen molar-refractivity contribution in [3.63, 3.8) is 0 Å². The number of guanidine groups is 1. The van der Waals surface area contributed by atoms with E-state index in [0.717, 1.165) is 25.9 Å². The van der Waals surface area contributed by atoms with E-state index in [2.05, 4.69) is 24.5 Å². The number of nitrogens with one attached hydrogen (secondary N) is 3. The van der Waals surface area contributed by atoms with Crippen molar-refractivity contribution in [1.82, 2.24) is 10.6 Å². The van der Waals surface area contributed by atoms with Gasteiger partial charge in [-0.15, -0.1) is 0 Å². The molecule has 1 radical (unpaired) electrons. The SMILES string of the molecule is [CH2]CCNC(=N)NCCC. The molecule has 0 atom stereocenters. The van der Waals surface area contributed by atoms with Gasteiger partial charge in [0.05, 0.1) is 0 Å². The Hall–Kier alpha value is -0.730. The molecule has 0 saturated carbocycles. The van der Waals surface area contributed by atoms with Crippen molar-refractivity contribution in [2.75, 3.05) is 13.1 Å². The zero-order chi connectivity index (χ0) is 7.82. The second-order valence-electron chi connectivity index (χ2n) is 2.08. The first-order valence-corrected chi connectivity index (χ1v) is 3.66. The minimum atomic E-state index is 0.408. The van der Waals surface area contributed by atoms with Crippen LogP contribution >= 0.6 is 0 Å². The summed E-state index contributed by atoms with van der Waals surface area (Å²) in [7, 11) is 0. The summed E-state index contributed by atoms with van der Waals surface area (Å²) in [5.41, 5.74) is 0. The maximum Gasteiger partial charge on any atom is 0.188 e. The highest BCUT2D eigenvalue weighted by atomic mass is 15.1. The van der Waals surface area contributed by atoms with E-state index >= 15 is 0 Å². The lowest BCUT2D eigenvalue weighted by Gasteiger charge is -2.07. The molecule has 0 bridgehead atoms. The molecule has 0 rings (SSSR count). The molecule has 0 aromatic carbocycles. The maximum atomic E-state index is 7.25. The Labute approximate surface area is 62.7 Å². The summed E-state index contributed by atoms with van der Waals surface area (Å²) < 4.78 is 0. The summed E-state index contributed by atoms with van der Waals surface area (Å²) in [5.74, 6) is 0.408. The van der Waals surface area contributed by atoms with Gasteiger partial charge in [-0.3, -0.25) is 5.41 Å². The molecule has 0 heterocycles. The molecule has 3 N–H and O–H groups in total. The van der Waals surface area contributed by atoms with Crippen LogP contribution in [-0.2, 0) is 0 Å². The van der Waals surface area contributed by atoms with Gasteiger partial charge >= 0.3 is 0 Å². The van der Waals surface area contributed by atoms with E-state index in [1.165, 1.54) is 0 Å². The second-order valence-corrected chi connectivity index (χ2v) is 2.08. The predicted octanol–water partition coefficient (Wildman–Crippen LogP) is 0.735. The molecule has 0 spiro atoms. The third-order valence-electron chi connectivity index (χ3n) is 1.03. The van der Waals surface area contributed by atoms with Crippen LogP contribution in [0.15, 0.2) is 0 Å². The number of hydrogen-bond acceptors (Lipinski definition) is 1. The van der Waals surface area contributed by atoms with Gasteiger partial charge in [0, 0.05) is 13.1 Å². The van der Waals surface area contributed by atoms with Crippen LogP contribution in [0.4, 0.5) is 0 Å². The van der Waals surface area contributed by atoms with Crippen LogP contribution in [0.5, 0.6) is 0 Å². The minimum Gasteiger partial charge on any atom is -0.357 e. The lowest BCUT2D eigenvalue weighted by Crippen LogP contribution is -2.36. The molecule has 0 aliphatic carbocycles. The van der Waals surface area contributed by atoms with Crippen LogP contribution in [0, 0.1) is 12.3 Å². The zero-order valence-electron chi connectivity index (χ0n) is 6.54. The molecular weight excluding hydrogens is 126 g/mol. The second kappa shape index (κ2) is 6.39. The van der Waals surface area contributed by atoms with Crippen LogP contribution in [0.1, 0.15) is 19.8 Å². The van der Waals surface area contributed by atoms with Crippen molar-refractivity contribution in [3.8, 4) is 0 Å². The molecule has 3 heteroatoms. The highest BCUT2D eigenvalue weighted by Crippen LogP contribution is 1.71. The van der Waals surface area contributed by atoms with E-state index in [9.17, 15) is 0 Å². The van der Waals surface area contributed by atoms with Gasteiger partial charge in [-0.05, 0) is 12.8 Å². The van der Waals surface area contributed by atoms with Crippen LogP contribution in [-0.4, -0.2) is 19.0 Å². The summed E-state index contributed by atoms with van der Waals surface area (Å²) >= 11 is 0. The van der Waals surface area contributed by atoms with E-state index in [1.54, 1.807) is 0 Å². The van der Waals surface area contributed by atoms with E-state index in [1.807, 2.05) is 0 Å². The van der Waals surface area contributed by atoms with Gasteiger partial charge in [-0.2, -0.15) is 0 Å². The maximum absolute atomic E-state index is 7.25. The Morgan fingerprint density at radius 1 is 1.40 bits per heavy atom. The molecule has 0 amide bonds. The average Bonchev–Trinajstić information content (AvgIpc) is 1.97. The quantitative estimate of drug-likeness (QED) is 0.400. The topological polar surface area (TPSA) is 47.9 Å². The van der Waals surface area contributed by atoms with Crippen molar-refractivity contribution < 1.29 is 0 Å². The van der Waals surface area contributed by atoms with Crippen molar-refractivity contribution >= 4 is 5.96 Å². The van der Waals surface area contributed by atoms with Gasteiger partial charge in [0.25, 0.3) is 0 Å². The molecule has 10 heavy (non-hydrogen) atoms. The molecule has 0 aromatic rings. The Bertz CT molecular complexity index is 80.9. The minimum absolute atomic E-state index is 0.408. The molecule has 0 aliphatic heterocycles. The average molecular weight is 142 g/mol. The van der Waals surface area contributed by atoms with E-state index in [-0.39, 0.29) is 0 Å². The summed E-state index contributed by atoms with van der Waals surface area (Å²) in [6, 6.07) is 0. The Balaban J connectivity index is 3.09. The standard InChI is InChI=1S/C7H16N3/c1-3-5-9-7(8)10-6-4-2/h1,3-6H2,2H3,(H3,8,9,10). The normalized spacial score (nSPS) is 9.00. The fourth-order valence-corrected chi connectivity index (χ4v) is 0.526.